The molecule has 12 heteroatoms. The number of carbonyl (C=O) groups is 3. The van der Waals surface area contributed by atoms with E-state index in [1.807, 2.05) is 36.5 Å². The summed E-state index contributed by atoms with van der Waals surface area (Å²) in [6.07, 6.45) is 30.6. The highest BCUT2D eigenvalue weighted by Crippen LogP contribution is 2.43. The van der Waals surface area contributed by atoms with E-state index >= 15 is 0 Å². The number of esters is 2. The minimum Gasteiger partial charge on any atom is -0.480 e. The molecule has 0 aliphatic heterocycles. The molecule has 0 aromatic carbocycles. The van der Waals surface area contributed by atoms with Gasteiger partial charge in [-0.1, -0.05) is 127 Å². The summed E-state index contributed by atoms with van der Waals surface area (Å²) in [5.74, 6) is -2.42. The molecule has 11 nitrogen and oxygen atoms in total. The Morgan fingerprint density at radius 2 is 1.19 bits per heavy atom. The summed E-state index contributed by atoms with van der Waals surface area (Å²) in [6.45, 7) is 2.55. The standard InChI is InChI=1S/C35H60NO10P/c1-3-5-7-9-11-13-14-15-16-17-18-19-21-22-24-26-33(37)43-28-31(29-44-47(41,42)45-30-32(36)35(39)40)46-34(38)27-25-23-20-12-10-8-6-4-2/h5,7,9,11,13-16,31-32H,3-4,6,8,10,12,17-30,36H2,1-2H3,(H,39,40)(H,41,42)/b7-5+,11-9+,14-13+,16-15+/t31-,32+/m0/s1. The smallest absolute Gasteiger partial charge is 0.472 e. The molecule has 0 heterocycles. The fourth-order valence-corrected chi connectivity index (χ4v) is 4.97. The minimum atomic E-state index is -4.71. The number of carboxylic acids is 1. The molecule has 0 spiro atoms. The number of rotatable bonds is 31. The van der Waals surface area contributed by atoms with Gasteiger partial charge in [-0.2, -0.15) is 0 Å². The molecule has 0 aromatic heterocycles. The lowest BCUT2D eigenvalue weighted by atomic mass is 10.1. The van der Waals surface area contributed by atoms with E-state index in [4.69, 9.17) is 24.8 Å². The van der Waals surface area contributed by atoms with Crippen molar-refractivity contribution < 1.29 is 47.5 Å². The minimum absolute atomic E-state index is 0.154. The number of phosphoric ester groups is 1. The quantitative estimate of drug-likeness (QED) is 0.0280. The van der Waals surface area contributed by atoms with Crippen molar-refractivity contribution in [3.63, 3.8) is 0 Å². The summed E-state index contributed by atoms with van der Waals surface area (Å²) < 4.78 is 32.4. The highest BCUT2D eigenvalue weighted by Gasteiger charge is 2.28. The van der Waals surface area contributed by atoms with Crippen molar-refractivity contribution in [2.45, 2.75) is 135 Å². The van der Waals surface area contributed by atoms with Gasteiger partial charge in [-0.25, -0.2) is 4.57 Å². The van der Waals surface area contributed by atoms with Crippen LogP contribution in [0.15, 0.2) is 48.6 Å². The van der Waals surface area contributed by atoms with Gasteiger partial charge in [-0.3, -0.25) is 23.4 Å². The molecule has 0 saturated carbocycles. The van der Waals surface area contributed by atoms with Crippen LogP contribution in [0.3, 0.4) is 0 Å². The van der Waals surface area contributed by atoms with Crippen molar-refractivity contribution in [2.75, 3.05) is 19.8 Å². The first-order chi connectivity index (χ1) is 22.6. The van der Waals surface area contributed by atoms with Crippen LogP contribution in [0.4, 0.5) is 0 Å². The predicted molar refractivity (Wildman–Crippen MR) is 185 cm³/mol. The van der Waals surface area contributed by atoms with E-state index in [1.54, 1.807) is 0 Å². The van der Waals surface area contributed by atoms with Crippen molar-refractivity contribution in [2.24, 2.45) is 5.73 Å². The lowest BCUT2D eigenvalue weighted by Gasteiger charge is -2.20. The van der Waals surface area contributed by atoms with Gasteiger partial charge >= 0.3 is 25.7 Å². The number of hydrogen-bond donors (Lipinski definition) is 3. The molecule has 270 valence electrons. The number of nitrogens with two attached hydrogens (primary N) is 1. The SMILES string of the molecule is CC/C=C/C=C/C=C/C=C/CCCCCCCC(=O)OC[C@@H](COP(=O)(O)OC[C@@H](N)C(=O)O)OC(=O)CCCCCCCCCC. The molecule has 0 bridgehead atoms. The Kier molecular flexibility index (Phi) is 29.1. The Bertz CT molecular complexity index is 995. The van der Waals surface area contributed by atoms with E-state index in [2.05, 4.69) is 30.5 Å². The predicted octanol–water partition coefficient (Wildman–Crippen LogP) is 7.88. The Morgan fingerprint density at radius 3 is 1.79 bits per heavy atom. The van der Waals surface area contributed by atoms with Crippen LogP contribution in [0, 0.1) is 0 Å². The van der Waals surface area contributed by atoms with E-state index < -0.39 is 51.1 Å². The lowest BCUT2D eigenvalue weighted by molar-refractivity contribution is -0.161. The fraction of sp³-hybridized carbons (Fsp3) is 0.686. The monoisotopic (exact) mass is 685 g/mol. The third-order valence-corrected chi connectivity index (χ3v) is 7.89. The molecule has 0 radical (unpaired) electrons. The number of unbranched alkanes of at least 4 members (excludes halogenated alkanes) is 12. The maximum absolute atomic E-state index is 12.4. The summed E-state index contributed by atoms with van der Waals surface area (Å²) >= 11 is 0. The highest BCUT2D eigenvalue weighted by atomic mass is 31.2. The van der Waals surface area contributed by atoms with Crippen molar-refractivity contribution in [1.29, 1.82) is 0 Å². The molecule has 1 unspecified atom stereocenters. The highest BCUT2D eigenvalue weighted by molar-refractivity contribution is 7.47. The van der Waals surface area contributed by atoms with Gasteiger partial charge in [-0.15, -0.1) is 0 Å². The molecular weight excluding hydrogens is 625 g/mol. The van der Waals surface area contributed by atoms with Gasteiger partial charge in [0.05, 0.1) is 13.2 Å². The zero-order chi connectivity index (χ0) is 35.0. The second-order valence-electron chi connectivity index (χ2n) is 11.4. The van der Waals surface area contributed by atoms with Crippen molar-refractivity contribution in [3.8, 4) is 0 Å². The molecule has 0 amide bonds. The molecule has 0 aromatic rings. The third kappa shape index (κ3) is 30.5. The molecule has 0 aliphatic rings. The van der Waals surface area contributed by atoms with Crippen molar-refractivity contribution >= 4 is 25.7 Å². The van der Waals surface area contributed by atoms with Crippen LogP contribution in [0.5, 0.6) is 0 Å². The molecule has 3 atom stereocenters. The summed E-state index contributed by atoms with van der Waals surface area (Å²) in [6, 6.07) is -1.52. The van der Waals surface area contributed by atoms with E-state index in [0.717, 1.165) is 57.8 Å². The lowest BCUT2D eigenvalue weighted by Crippen LogP contribution is -2.34. The number of ether oxygens (including phenoxy) is 2. The van der Waals surface area contributed by atoms with E-state index in [1.165, 1.54) is 25.7 Å². The normalized spacial score (nSPS) is 14.6. The second kappa shape index (κ2) is 30.8. The average Bonchev–Trinajstić information content (AvgIpc) is 3.04. The first kappa shape index (κ1) is 44.4. The molecule has 47 heavy (non-hydrogen) atoms. The number of allylic oxidation sites excluding steroid dienone is 8. The van der Waals surface area contributed by atoms with Crippen molar-refractivity contribution in [1.82, 2.24) is 0 Å². The van der Waals surface area contributed by atoms with Gasteiger partial charge in [0.2, 0.25) is 0 Å². The Balaban J connectivity index is 4.50. The first-order valence-corrected chi connectivity index (χ1v) is 18.7. The largest absolute Gasteiger partial charge is 0.480 e. The number of aliphatic carboxylic acids is 1. The summed E-state index contributed by atoms with van der Waals surface area (Å²) in [5.41, 5.74) is 5.29. The Morgan fingerprint density at radius 1 is 0.681 bits per heavy atom. The number of carboxylic acid groups (broad SMARTS) is 1. The summed E-state index contributed by atoms with van der Waals surface area (Å²) in [5, 5.41) is 8.82. The zero-order valence-corrected chi connectivity index (χ0v) is 29.5. The molecule has 0 rings (SSSR count). The molecular formula is C35H60NO10P. The Hall–Kier alpha value is -2.56. The van der Waals surface area contributed by atoms with Gasteiger partial charge < -0.3 is 25.2 Å². The van der Waals surface area contributed by atoms with Crippen LogP contribution < -0.4 is 5.73 Å². The van der Waals surface area contributed by atoms with Crippen LogP contribution in [0.2, 0.25) is 0 Å². The Labute approximate surface area is 282 Å². The maximum Gasteiger partial charge on any atom is 0.472 e. The van der Waals surface area contributed by atoms with Crippen LogP contribution in [0.25, 0.3) is 0 Å². The van der Waals surface area contributed by atoms with Crippen LogP contribution in [-0.4, -0.2) is 59.9 Å². The molecule has 0 saturated heterocycles. The third-order valence-electron chi connectivity index (χ3n) is 6.94. The first-order valence-electron chi connectivity index (χ1n) is 17.2. The number of phosphoric acid groups is 1. The van der Waals surface area contributed by atoms with E-state index in [9.17, 15) is 23.8 Å². The van der Waals surface area contributed by atoms with Gasteiger partial charge in [0.25, 0.3) is 0 Å². The van der Waals surface area contributed by atoms with Crippen LogP contribution in [-0.2, 0) is 37.5 Å². The van der Waals surface area contributed by atoms with Gasteiger partial charge in [0.15, 0.2) is 6.10 Å². The fourth-order valence-electron chi connectivity index (χ4n) is 4.19. The summed E-state index contributed by atoms with van der Waals surface area (Å²) in [4.78, 5) is 45.5. The number of carbonyl (C=O) groups excluding carboxylic acids is 2. The number of hydrogen-bond acceptors (Lipinski definition) is 9. The van der Waals surface area contributed by atoms with Crippen molar-refractivity contribution in [3.05, 3.63) is 48.6 Å². The molecule has 4 N–H and O–H groups in total. The van der Waals surface area contributed by atoms with Gasteiger partial charge in [0, 0.05) is 12.8 Å². The van der Waals surface area contributed by atoms with Gasteiger partial charge in [-0.05, 0) is 32.1 Å². The van der Waals surface area contributed by atoms with Gasteiger partial charge in [0.1, 0.15) is 12.6 Å². The summed E-state index contributed by atoms with van der Waals surface area (Å²) in [7, 11) is -4.71. The molecule has 0 fully saturated rings. The van der Waals surface area contributed by atoms with Crippen LogP contribution >= 0.6 is 7.82 Å². The van der Waals surface area contributed by atoms with Crippen LogP contribution in [0.1, 0.15) is 123 Å². The topological polar surface area (TPSA) is 172 Å². The maximum atomic E-state index is 12.4. The molecule has 0 aliphatic carbocycles. The zero-order valence-electron chi connectivity index (χ0n) is 28.6. The average molecular weight is 686 g/mol. The van der Waals surface area contributed by atoms with E-state index in [-0.39, 0.29) is 19.4 Å². The second-order valence-corrected chi connectivity index (χ2v) is 12.8. The van der Waals surface area contributed by atoms with E-state index in [0.29, 0.717) is 12.8 Å².